The van der Waals surface area contributed by atoms with E-state index in [4.69, 9.17) is 10.00 Å². The standard InChI is InChI=1S/C16H24N2O/c1-16(2,13-17)9-6-10-18(3)12-14-7-5-8-15(11-14)19-4/h5,7-8,11H,6,9-10,12H2,1-4H3. The fraction of sp³-hybridized carbons (Fsp3) is 0.562. The van der Waals surface area contributed by atoms with E-state index >= 15 is 0 Å². The Hall–Kier alpha value is -1.53. The lowest BCUT2D eigenvalue weighted by molar-refractivity contribution is 0.297. The van der Waals surface area contributed by atoms with Crippen LogP contribution in [0.5, 0.6) is 5.75 Å². The summed E-state index contributed by atoms with van der Waals surface area (Å²) in [7, 11) is 3.80. The molecule has 1 aromatic rings. The zero-order valence-electron chi connectivity index (χ0n) is 12.4. The summed E-state index contributed by atoms with van der Waals surface area (Å²) in [4.78, 5) is 2.28. The van der Waals surface area contributed by atoms with Crippen LogP contribution in [-0.4, -0.2) is 25.6 Å². The van der Waals surface area contributed by atoms with Crippen LogP contribution in [0.4, 0.5) is 0 Å². The Labute approximate surface area is 116 Å². The maximum absolute atomic E-state index is 8.97. The Kier molecular flexibility index (Phi) is 5.85. The first-order chi connectivity index (χ1) is 8.96. The van der Waals surface area contributed by atoms with E-state index in [-0.39, 0.29) is 5.41 Å². The van der Waals surface area contributed by atoms with Crippen LogP contribution in [0.3, 0.4) is 0 Å². The lowest BCUT2D eigenvalue weighted by Gasteiger charge is -2.20. The predicted molar refractivity (Wildman–Crippen MR) is 78.0 cm³/mol. The lowest BCUT2D eigenvalue weighted by atomic mass is 9.90. The third-order valence-electron chi connectivity index (χ3n) is 3.23. The van der Waals surface area contributed by atoms with Crippen molar-refractivity contribution in [1.29, 1.82) is 5.26 Å². The first-order valence-electron chi connectivity index (χ1n) is 6.69. The molecule has 0 unspecified atom stereocenters. The lowest BCUT2D eigenvalue weighted by Crippen LogP contribution is -2.21. The Morgan fingerprint density at radius 2 is 2.11 bits per heavy atom. The second-order valence-corrected chi connectivity index (χ2v) is 5.69. The van der Waals surface area contributed by atoms with Gasteiger partial charge in [0.2, 0.25) is 0 Å². The highest BCUT2D eigenvalue weighted by molar-refractivity contribution is 5.28. The number of benzene rings is 1. The molecule has 0 N–H and O–H groups in total. The van der Waals surface area contributed by atoms with Gasteiger partial charge in [0.05, 0.1) is 18.6 Å². The number of nitriles is 1. The summed E-state index contributed by atoms with van der Waals surface area (Å²) >= 11 is 0. The van der Waals surface area contributed by atoms with E-state index in [0.29, 0.717) is 0 Å². The normalized spacial score (nSPS) is 11.4. The van der Waals surface area contributed by atoms with Crippen LogP contribution in [0.25, 0.3) is 0 Å². The molecule has 0 atom stereocenters. The van der Waals surface area contributed by atoms with Crippen molar-refractivity contribution in [2.45, 2.75) is 33.2 Å². The van der Waals surface area contributed by atoms with E-state index < -0.39 is 0 Å². The molecule has 0 aliphatic heterocycles. The topological polar surface area (TPSA) is 36.3 Å². The molecular weight excluding hydrogens is 236 g/mol. The van der Waals surface area contributed by atoms with Crippen molar-refractivity contribution in [2.24, 2.45) is 5.41 Å². The third kappa shape index (κ3) is 5.76. The molecule has 0 saturated heterocycles. The summed E-state index contributed by atoms with van der Waals surface area (Å²) < 4.78 is 5.22. The molecule has 0 spiro atoms. The smallest absolute Gasteiger partial charge is 0.119 e. The minimum atomic E-state index is -0.212. The molecule has 0 heterocycles. The van der Waals surface area contributed by atoms with Gasteiger partial charge in [-0.2, -0.15) is 5.26 Å². The average molecular weight is 260 g/mol. The van der Waals surface area contributed by atoms with Crippen molar-refractivity contribution < 1.29 is 4.74 Å². The van der Waals surface area contributed by atoms with E-state index in [1.54, 1.807) is 7.11 Å². The van der Waals surface area contributed by atoms with Gasteiger partial charge in [-0.3, -0.25) is 0 Å². The molecule has 19 heavy (non-hydrogen) atoms. The first kappa shape index (κ1) is 15.5. The summed E-state index contributed by atoms with van der Waals surface area (Å²) in [5.41, 5.74) is 1.04. The molecule has 3 nitrogen and oxygen atoms in total. The first-order valence-corrected chi connectivity index (χ1v) is 6.69. The fourth-order valence-corrected chi connectivity index (χ4v) is 2.01. The van der Waals surface area contributed by atoms with Gasteiger partial charge >= 0.3 is 0 Å². The van der Waals surface area contributed by atoms with Crippen molar-refractivity contribution in [3.63, 3.8) is 0 Å². The van der Waals surface area contributed by atoms with Gasteiger partial charge < -0.3 is 9.64 Å². The highest BCUT2D eigenvalue weighted by Crippen LogP contribution is 2.21. The predicted octanol–water partition coefficient (Wildman–Crippen LogP) is 3.46. The van der Waals surface area contributed by atoms with E-state index in [1.807, 2.05) is 26.0 Å². The molecule has 1 rings (SSSR count). The van der Waals surface area contributed by atoms with Crippen molar-refractivity contribution in [3.05, 3.63) is 29.8 Å². The quantitative estimate of drug-likeness (QED) is 0.753. The molecule has 3 heteroatoms. The maximum Gasteiger partial charge on any atom is 0.119 e. The van der Waals surface area contributed by atoms with Crippen LogP contribution in [0, 0.1) is 16.7 Å². The zero-order valence-corrected chi connectivity index (χ0v) is 12.4. The van der Waals surface area contributed by atoms with Crippen molar-refractivity contribution in [3.8, 4) is 11.8 Å². The van der Waals surface area contributed by atoms with Crippen LogP contribution in [-0.2, 0) is 6.54 Å². The fourth-order valence-electron chi connectivity index (χ4n) is 2.01. The van der Waals surface area contributed by atoms with E-state index in [0.717, 1.165) is 31.7 Å². The molecule has 0 radical (unpaired) electrons. The Balaban J connectivity index is 2.39. The van der Waals surface area contributed by atoms with Gasteiger partial charge in [-0.25, -0.2) is 0 Å². The number of hydrogen-bond acceptors (Lipinski definition) is 3. The summed E-state index contributed by atoms with van der Waals surface area (Å²) in [6.07, 6.45) is 1.98. The van der Waals surface area contributed by atoms with Crippen LogP contribution < -0.4 is 4.74 Å². The van der Waals surface area contributed by atoms with Crippen molar-refractivity contribution >= 4 is 0 Å². The Morgan fingerprint density at radius 1 is 1.37 bits per heavy atom. The second kappa shape index (κ2) is 7.16. The number of nitrogens with zero attached hydrogens (tertiary/aromatic N) is 2. The van der Waals surface area contributed by atoms with Gasteiger partial charge in [0, 0.05) is 6.54 Å². The molecular formula is C16H24N2O. The average Bonchev–Trinajstić information content (AvgIpc) is 2.38. The second-order valence-electron chi connectivity index (χ2n) is 5.69. The number of hydrogen-bond donors (Lipinski definition) is 0. The SMILES string of the molecule is COc1cccc(CN(C)CCCC(C)(C)C#N)c1. The molecule has 0 saturated carbocycles. The van der Waals surface area contributed by atoms with Gasteiger partial charge in [0.25, 0.3) is 0 Å². The van der Waals surface area contributed by atoms with Crippen LogP contribution in [0.2, 0.25) is 0 Å². The monoisotopic (exact) mass is 260 g/mol. The summed E-state index contributed by atoms with van der Waals surface area (Å²) in [5, 5.41) is 8.97. The van der Waals surface area contributed by atoms with E-state index in [1.165, 1.54) is 5.56 Å². The van der Waals surface area contributed by atoms with Crippen molar-refractivity contribution in [1.82, 2.24) is 4.90 Å². The number of methoxy groups -OCH3 is 1. The molecule has 0 aromatic heterocycles. The Bertz CT molecular complexity index is 435. The van der Waals surface area contributed by atoms with Gasteiger partial charge in [0.1, 0.15) is 5.75 Å². The van der Waals surface area contributed by atoms with Gasteiger partial charge in [-0.15, -0.1) is 0 Å². The summed E-state index contributed by atoms with van der Waals surface area (Å²) in [6.45, 7) is 5.90. The minimum Gasteiger partial charge on any atom is -0.497 e. The van der Waals surface area contributed by atoms with Crippen LogP contribution >= 0.6 is 0 Å². The molecule has 104 valence electrons. The molecule has 1 aromatic carbocycles. The molecule has 0 aliphatic carbocycles. The van der Waals surface area contributed by atoms with Gasteiger partial charge in [-0.05, 0) is 58.0 Å². The molecule has 0 aliphatic rings. The minimum absolute atomic E-state index is 0.212. The van der Waals surface area contributed by atoms with Gasteiger partial charge in [-0.1, -0.05) is 12.1 Å². The Morgan fingerprint density at radius 3 is 2.74 bits per heavy atom. The van der Waals surface area contributed by atoms with Gasteiger partial charge in [0.15, 0.2) is 0 Å². The maximum atomic E-state index is 8.97. The number of ether oxygens (including phenoxy) is 1. The van der Waals surface area contributed by atoms with E-state index in [2.05, 4.69) is 30.1 Å². The summed E-state index contributed by atoms with van der Waals surface area (Å²) in [6, 6.07) is 10.5. The highest BCUT2D eigenvalue weighted by atomic mass is 16.5. The van der Waals surface area contributed by atoms with Crippen LogP contribution in [0.15, 0.2) is 24.3 Å². The summed E-state index contributed by atoms with van der Waals surface area (Å²) in [5.74, 6) is 0.900. The largest absolute Gasteiger partial charge is 0.497 e. The van der Waals surface area contributed by atoms with Crippen LogP contribution in [0.1, 0.15) is 32.3 Å². The third-order valence-corrected chi connectivity index (χ3v) is 3.23. The highest BCUT2D eigenvalue weighted by Gasteiger charge is 2.16. The van der Waals surface area contributed by atoms with Crippen molar-refractivity contribution in [2.75, 3.05) is 20.7 Å². The molecule has 0 fully saturated rings. The molecule has 0 amide bonds. The molecule has 0 bridgehead atoms. The number of rotatable bonds is 7. The van der Waals surface area contributed by atoms with E-state index in [9.17, 15) is 0 Å². The zero-order chi connectivity index (χ0) is 14.3.